The lowest BCUT2D eigenvalue weighted by Crippen LogP contribution is -2.48. The van der Waals surface area contributed by atoms with E-state index in [1.807, 2.05) is 7.05 Å². The van der Waals surface area contributed by atoms with Crippen molar-refractivity contribution in [1.29, 1.82) is 0 Å². The molecule has 0 unspecified atom stereocenters. The van der Waals surface area contributed by atoms with Gasteiger partial charge in [0.05, 0.1) is 0 Å². The lowest BCUT2D eigenvalue weighted by Gasteiger charge is -2.34. The van der Waals surface area contributed by atoms with Crippen LogP contribution in [-0.2, 0) is 4.74 Å². The molecule has 4 heteroatoms. The minimum atomic E-state index is 0.914. The fraction of sp³-hybridized carbons (Fsp3) is 1.00. The molecule has 0 amide bonds. The highest BCUT2D eigenvalue weighted by atomic mass is 16.5. The average Bonchev–Trinajstić information content (AvgIpc) is 2.37. The van der Waals surface area contributed by atoms with Crippen LogP contribution in [0.3, 0.4) is 0 Å². The first kappa shape index (κ1) is 14.9. The number of nitrogens with one attached hydrogen (secondary N) is 1. The van der Waals surface area contributed by atoms with Crippen LogP contribution in [0.25, 0.3) is 0 Å². The molecule has 0 saturated carbocycles. The highest BCUT2D eigenvalue weighted by Crippen LogP contribution is 2.02. The molecule has 0 aromatic rings. The molecule has 0 aliphatic carbocycles. The van der Waals surface area contributed by atoms with E-state index in [4.69, 9.17) is 4.74 Å². The minimum Gasteiger partial charge on any atom is -0.381 e. The van der Waals surface area contributed by atoms with Crippen LogP contribution in [0.1, 0.15) is 19.8 Å². The molecule has 0 aromatic heterocycles. The summed E-state index contributed by atoms with van der Waals surface area (Å²) in [5, 5.41) is 3.21. The number of hydrogen-bond donors (Lipinski definition) is 1. The predicted octanol–water partition coefficient (Wildman–Crippen LogP) is 0.640. The van der Waals surface area contributed by atoms with Gasteiger partial charge in [-0.1, -0.05) is 6.92 Å². The molecule has 1 aliphatic heterocycles. The Morgan fingerprint density at radius 3 is 2.24 bits per heavy atom. The van der Waals surface area contributed by atoms with E-state index in [1.54, 1.807) is 0 Å². The Morgan fingerprint density at radius 1 is 1.00 bits per heavy atom. The number of hydrogen-bond acceptors (Lipinski definition) is 4. The maximum Gasteiger partial charge on any atom is 0.0478 e. The molecule has 1 fully saturated rings. The van der Waals surface area contributed by atoms with E-state index in [2.05, 4.69) is 22.0 Å². The summed E-state index contributed by atoms with van der Waals surface area (Å²) in [6, 6.07) is 0. The SMILES string of the molecule is CCCOCCCN1CCN(CCNC)CC1. The van der Waals surface area contributed by atoms with Crippen LogP contribution < -0.4 is 5.32 Å². The number of ether oxygens (including phenoxy) is 1. The van der Waals surface area contributed by atoms with E-state index < -0.39 is 0 Å². The van der Waals surface area contributed by atoms with Gasteiger partial charge in [0.15, 0.2) is 0 Å². The largest absolute Gasteiger partial charge is 0.381 e. The van der Waals surface area contributed by atoms with Crippen LogP contribution in [0.15, 0.2) is 0 Å². The fourth-order valence-corrected chi connectivity index (χ4v) is 2.14. The van der Waals surface area contributed by atoms with Crippen molar-refractivity contribution in [2.45, 2.75) is 19.8 Å². The van der Waals surface area contributed by atoms with Gasteiger partial charge in [-0.15, -0.1) is 0 Å². The Bertz CT molecular complexity index is 167. The number of likely N-dealkylation sites (N-methyl/N-ethyl adjacent to an activating group) is 1. The summed E-state index contributed by atoms with van der Waals surface area (Å²) < 4.78 is 5.50. The Balaban J connectivity index is 1.95. The number of piperazine rings is 1. The summed E-state index contributed by atoms with van der Waals surface area (Å²) in [7, 11) is 2.02. The summed E-state index contributed by atoms with van der Waals surface area (Å²) in [6.45, 7) is 12.4. The highest BCUT2D eigenvalue weighted by molar-refractivity contribution is 4.72. The molecular formula is C13H29N3O. The third-order valence-corrected chi connectivity index (χ3v) is 3.25. The summed E-state index contributed by atoms with van der Waals surface area (Å²) in [5.74, 6) is 0. The third kappa shape index (κ3) is 6.99. The Kier molecular flexibility index (Phi) is 8.61. The predicted molar refractivity (Wildman–Crippen MR) is 72.5 cm³/mol. The smallest absolute Gasteiger partial charge is 0.0478 e. The molecule has 0 atom stereocenters. The lowest BCUT2D eigenvalue weighted by atomic mass is 10.3. The van der Waals surface area contributed by atoms with Crippen molar-refractivity contribution in [2.75, 3.05) is 66.1 Å². The molecule has 1 saturated heterocycles. The maximum atomic E-state index is 5.50. The zero-order valence-electron chi connectivity index (χ0n) is 11.6. The molecule has 1 aliphatic rings. The van der Waals surface area contributed by atoms with Crippen LogP contribution in [-0.4, -0.2) is 75.9 Å². The van der Waals surface area contributed by atoms with Crippen LogP contribution in [0, 0.1) is 0 Å². The van der Waals surface area contributed by atoms with E-state index in [0.717, 1.165) is 26.2 Å². The van der Waals surface area contributed by atoms with E-state index in [-0.39, 0.29) is 0 Å². The second kappa shape index (κ2) is 9.83. The van der Waals surface area contributed by atoms with Crippen LogP contribution in [0.4, 0.5) is 0 Å². The summed E-state index contributed by atoms with van der Waals surface area (Å²) in [4.78, 5) is 5.10. The Morgan fingerprint density at radius 2 is 1.65 bits per heavy atom. The van der Waals surface area contributed by atoms with Crippen molar-refractivity contribution in [1.82, 2.24) is 15.1 Å². The molecule has 1 heterocycles. The van der Waals surface area contributed by atoms with Gasteiger partial charge in [0, 0.05) is 59.0 Å². The molecular weight excluding hydrogens is 214 g/mol. The number of rotatable bonds is 9. The van der Waals surface area contributed by atoms with Gasteiger partial charge in [0.25, 0.3) is 0 Å². The highest BCUT2D eigenvalue weighted by Gasteiger charge is 2.15. The average molecular weight is 243 g/mol. The molecule has 1 N–H and O–H groups in total. The van der Waals surface area contributed by atoms with Crippen molar-refractivity contribution >= 4 is 0 Å². The van der Waals surface area contributed by atoms with Gasteiger partial charge in [-0.3, -0.25) is 4.90 Å². The van der Waals surface area contributed by atoms with Crippen molar-refractivity contribution in [3.05, 3.63) is 0 Å². The zero-order valence-corrected chi connectivity index (χ0v) is 11.6. The van der Waals surface area contributed by atoms with E-state index in [0.29, 0.717) is 0 Å². The van der Waals surface area contributed by atoms with Gasteiger partial charge in [-0.25, -0.2) is 0 Å². The first-order valence-corrected chi connectivity index (χ1v) is 7.04. The molecule has 4 nitrogen and oxygen atoms in total. The molecule has 17 heavy (non-hydrogen) atoms. The zero-order chi connectivity index (χ0) is 12.3. The molecule has 0 bridgehead atoms. The van der Waals surface area contributed by atoms with Crippen molar-refractivity contribution in [3.8, 4) is 0 Å². The second-order valence-corrected chi connectivity index (χ2v) is 4.75. The van der Waals surface area contributed by atoms with Gasteiger partial charge in [0.1, 0.15) is 0 Å². The van der Waals surface area contributed by atoms with Crippen molar-refractivity contribution in [3.63, 3.8) is 0 Å². The maximum absolute atomic E-state index is 5.50. The summed E-state index contributed by atoms with van der Waals surface area (Å²) in [6.07, 6.45) is 2.31. The van der Waals surface area contributed by atoms with Gasteiger partial charge in [0.2, 0.25) is 0 Å². The quantitative estimate of drug-likeness (QED) is 0.602. The summed E-state index contributed by atoms with van der Waals surface area (Å²) >= 11 is 0. The van der Waals surface area contributed by atoms with Gasteiger partial charge >= 0.3 is 0 Å². The first-order chi connectivity index (χ1) is 8.36. The van der Waals surface area contributed by atoms with Gasteiger partial charge in [-0.05, 0) is 19.9 Å². The summed E-state index contributed by atoms with van der Waals surface area (Å²) in [5.41, 5.74) is 0. The first-order valence-electron chi connectivity index (χ1n) is 7.04. The van der Waals surface area contributed by atoms with E-state index in [9.17, 15) is 0 Å². The Labute approximate surface area is 106 Å². The molecule has 0 radical (unpaired) electrons. The molecule has 1 rings (SSSR count). The van der Waals surface area contributed by atoms with Crippen molar-refractivity contribution in [2.24, 2.45) is 0 Å². The lowest BCUT2D eigenvalue weighted by molar-refractivity contribution is 0.0998. The van der Waals surface area contributed by atoms with E-state index >= 15 is 0 Å². The van der Waals surface area contributed by atoms with Crippen LogP contribution >= 0.6 is 0 Å². The second-order valence-electron chi connectivity index (χ2n) is 4.75. The minimum absolute atomic E-state index is 0.914. The van der Waals surface area contributed by atoms with Crippen LogP contribution in [0.5, 0.6) is 0 Å². The monoisotopic (exact) mass is 243 g/mol. The molecule has 102 valence electrons. The fourth-order valence-electron chi connectivity index (χ4n) is 2.14. The van der Waals surface area contributed by atoms with Crippen molar-refractivity contribution < 1.29 is 4.74 Å². The number of nitrogens with zero attached hydrogens (tertiary/aromatic N) is 2. The molecule has 0 spiro atoms. The normalized spacial score (nSPS) is 18.7. The van der Waals surface area contributed by atoms with Gasteiger partial charge < -0.3 is 15.0 Å². The topological polar surface area (TPSA) is 27.7 Å². The molecule has 0 aromatic carbocycles. The standard InChI is InChI=1S/C13H29N3O/c1-3-12-17-13-4-6-15-8-10-16(11-9-15)7-5-14-2/h14H,3-13H2,1-2H3. The van der Waals surface area contributed by atoms with Gasteiger partial charge in [-0.2, -0.15) is 0 Å². The van der Waals surface area contributed by atoms with E-state index in [1.165, 1.54) is 45.7 Å². The third-order valence-electron chi connectivity index (χ3n) is 3.25. The Hall–Kier alpha value is -0.160. The van der Waals surface area contributed by atoms with Crippen LogP contribution in [0.2, 0.25) is 0 Å².